The number of rotatable bonds is 8. The number of allylic oxidation sites excluding steroid dienone is 1. The van der Waals surface area contributed by atoms with Crippen LogP contribution in [0.3, 0.4) is 0 Å². The van der Waals surface area contributed by atoms with Crippen molar-refractivity contribution in [2.75, 3.05) is 13.7 Å². The van der Waals surface area contributed by atoms with Gasteiger partial charge in [-0.1, -0.05) is 31.9 Å². The fourth-order valence-corrected chi connectivity index (χ4v) is 2.32. The highest BCUT2D eigenvalue weighted by atomic mass is 16.5. The highest BCUT2D eigenvalue weighted by molar-refractivity contribution is 5.89. The summed E-state index contributed by atoms with van der Waals surface area (Å²) < 4.78 is 10.9. The van der Waals surface area contributed by atoms with Crippen molar-refractivity contribution in [3.8, 4) is 17.6 Å². The van der Waals surface area contributed by atoms with Gasteiger partial charge in [0.1, 0.15) is 11.5 Å². The van der Waals surface area contributed by atoms with Crippen molar-refractivity contribution in [2.45, 2.75) is 26.2 Å². The van der Waals surface area contributed by atoms with E-state index in [1.165, 1.54) is 12.8 Å². The molecule has 0 aliphatic rings. The molecule has 0 saturated heterocycles. The minimum atomic E-state index is 0.620. The minimum absolute atomic E-state index is 0.620. The van der Waals surface area contributed by atoms with Gasteiger partial charge in [-0.25, -0.2) is 0 Å². The van der Waals surface area contributed by atoms with Gasteiger partial charge in [-0.3, -0.25) is 0 Å². The molecule has 0 amide bonds. The van der Waals surface area contributed by atoms with E-state index in [1.54, 1.807) is 7.11 Å². The summed E-state index contributed by atoms with van der Waals surface area (Å²) in [5.41, 5.74) is 2.47. The topological polar surface area (TPSA) is 42.2 Å². The molecule has 0 N–H and O–H groups in total. The Labute approximate surface area is 144 Å². The summed E-state index contributed by atoms with van der Waals surface area (Å²) in [5.74, 6) is 1.65. The van der Waals surface area contributed by atoms with Crippen LogP contribution in [0.5, 0.6) is 11.5 Å². The first-order valence-electron chi connectivity index (χ1n) is 8.26. The Morgan fingerprint density at radius 1 is 1.00 bits per heavy atom. The van der Waals surface area contributed by atoms with E-state index in [-0.39, 0.29) is 0 Å². The largest absolute Gasteiger partial charge is 0.497 e. The molecule has 0 aliphatic carbocycles. The number of nitriles is 1. The van der Waals surface area contributed by atoms with Gasteiger partial charge >= 0.3 is 0 Å². The van der Waals surface area contributed by atoms with Gasteiger partial charge < -0.3 is 9.47 Å². The lowest BCUT2D eigenvalue weighted by molar-refractivity contribution is 0.306. The predicted octanol–water partition coefficient (Wildman–Crippen LogP) is 5.33. The zero-order valence-corrected chi connectivity index (χ0v) is 14.3. The smallest absolute Gasteiger partial charge is 0.119 e. The van der Waals surface area contributed by atoms with Gasteiger partial charge in [-0.05, 0) is 60.0 Å². The molecule has 0 fully saturated rings. The molecule has 0 spiro atoms. The normalized spacial score (nSPS) is 11.0. The number of hydrogen-bond donors (Lipinski definition) is 0. The molecule has 3 nitrogen and oxygen atoms in total. The number of unbranched alkanes of at least 4 members (excludes halogenated alkanes) is 2. The summed E-state index contributed by atoms with van der Waals surface area (Å²) in [6.45, 7) is 2.93. The summed E-state index contributed by atoms with van der Waals surface area (Å²) in [7, 11) is 1.63. The van der Waals surface area contributed by atoms with E-state index in [0.29, 0.717) is 5.57 Å². The van der Waals surface area contributed by atoms with Crippen LogP contribution in [0.4, 0.5) is 0 Å². The molecule has 0 atom stereocenters. The maximum Gasteiger partial charge on any atom is 0.119 e. The molecular weight excluding hydrogens is 298 g/mol. The van der Waals surface area contributed by atoms with Crippen LogP contribution in [0.2, 0.25) is 0 Å². The molecule has 2 rings (SSSR count). The number of benzene rings is 2. The Kier molecular flexibility index (Phi) is 6.91. The van der Waals surface area contributed by atoms with Gasteiger partial charge in [0.2, 0.25) is 0 Å². The molecule has 124 valence electrons. The molecule has 0 bridgehead atoms. The van der Waals surface area contributed by atoms with Crippen molar-refractivity contribution in [2.24, 2.45) is 0 Å². The first-order chi connectivity index (χ1) is 11.8. The summed E-state index contributed by atoms with van der Waals surface area (Å²) in [6, 6.07) is 17.6. The quantitative estimate of drug-likeness (QED) is 0.375. The van der Waals surface area contributed by atoms with E-state index in [9.17, 15) is 5.26 Å². The molecule has 0 aliphatic heterocycles. The third kappa shape index (κ3) is 5.17. The Hall–Kier alpha value is -2.73. The lowest BCUT2D eigenvalue weighted by atomic mass is 10.0. The molecule has 24 heavy (non-hydrogen) atoms. The van der Waals surface area contributed by atoms with Crippen LogP contribution >= 0.6 is 0 Å². The van der Waals surface area contributed by atoms with Gasteiger partial charge in [0.15, 0.2) is 0 Å². The molecular formula is C21H23NO2. The van der Waals surface area contributed by atoms with Crippen LogP contribution in [0.25, 0.3) is 11.6 Å². The first-order valence-corrected chi connectivity index (χ1v) is 8.26. The second-order valence-electron chi connectivity index (χ2n) is 5.52. The predicted molar refractivity (Wildman–Crippen MR) is 97.9 cm³/mol. The first kappa shape index (κ1) is 17.6. The Balaban J connectivity index is 2.06. The van der Waals surface area contributed by atoms with Crippen LogP contribution in [0.15, 0.2) is 48.5 Å². The molecule has 0 radical (unpaired) electrons. The van der Waals surface area contributed by atoms with E-state index in [1.807, 2.05) is 54.6 Å². The summed E-state index contributed by atoms with van der Waals surface area (Å²) in [6.07, 6.45) is 5.33. The van der Waals surface area contributed by atoms with Crippen molar-refractivity contribution in [1.29, 1.82) is 5.26 Å². The standard InChI is InChI=1S/C21H23NO2/c1-3-4-5-14-24-21-10-6-17(7-11-21)15-19(16-22)18-8-12-20(23-2)13-9-18/h6-13,15H,3-5,14H2,1-2H3/b19-15+. The van der Waals surface area contributed by atoms with Crippen molar-refractivity contribution >= 4 is 11.6 Å². The minimum Gasteiger partial charge on any atom is -0.497 e. The van der Waals surface area contributed by atoms with Gasteiger partial charge in [0.25, 0.3) is 0 Å². The van der Waals surface area contributed by atoms with Crippen LogP contribution in [0, 0.1) is 11.3 Å². The second-order valence-corrected chi connectivity index (χ2v) is 5.52. The van der Waals surface area contributed by atoms with E-state index in [4.69, 9.17) is 9.47 Å². The third-order valence-electron chi connectivity index (χ3n) is 3.73. The van der Waals surface area contributed by atoms with E-state index >= 15 is 0 Å². The number of methoxy groups -OCH3 is 1. The van der Waals surface area contributed by atoms with Crippen molar-refractivity contribution < 1.29 is 9.47 Å². The van der Waals surface area contributed by atoms with Crippen molar-refractivity contribution in [1.82, 2.24) is 0 Å². The molecule has 2 aromatic rings. The van der Waals surface area contributed by atoms with Gasteiger partial charge in [0, 0.05) is 0 Å². The Morgan fingerprint density at radius 3 is 2.25 bits per heavy atom. The molecule has 2 aromatic carbocycles. The SMILES string of the molecule is CCCCCOc1ccc(/C=C(\C#N)c2ccc(OC)cc2)cc1. The lowest BCUT2D eigenvalue weighted by Crippen LogP contribution is -1.96. The van der Waals surface area contributed by atoms with E-state index in [2.05, 4.69) is 13.0 Å². The van der Waals surface area contributed by atoms with Crippen LogP contribution in [-0.4, -0.2) is 13.7 Å². The number of nitrogens with zero attached hydrogens (tertiary/aromatic N) is 1. The maximum absolute atomic E-state index is 9.41. The molecule has 0 aromatic heterocycles. The highest BCUT2D eigenvalue weighted by Crippen LogP contribution is 2.22. The van der Waals surface area contributed by atoms with Crippen LogP contribution in [-0.2, 0) is 0 Å². The summed E-state index contributed by atoms with van der Waals surface area (Å²) >= 11 is 0. The summed E-state index contributed by atoms with van der Waals surface area (Å²) in [4.78, 5) is 0. The van der Waals surface area contributed by atoms with Gasteiger partial charge in [0.05, 0.1) is 25.4 Å². The molecule has 3 heteroatoms. The average Bonchev–Trinajstić information content (AvgIpc) is 2.64. The summed E-state index contributed by atoms with van der Waals surface area (Å²) in [5, 5.41) is 9.41. The van der Waals surface area contributed by atoms with Gasteiger partial charge in [-0.15, -0.1) is 0 Å². The number of hydrogen-bond acceptors (Lipinski definition) is 3. The second kappa shape index (κ2) is 9.42. The fraction of sp³-hybridized carbons (Fsp3) is 0.286. The lowest BCUT2D eigenvalue weighted by Gasteiger charge is -2.06. The fourth-order valence-electron chi connectivity index (χ4n) is 2.32. The van der Waals surface area contributed by atoms with E-state index < -0.39 is 0 Å². The van der Waals surface area contributed by atoms with Crippen LogP contribution < -0.4 is 9.47 Å². The molecule has 0 heterocycles. The van der Waals surface area contributed by atoms with Crippen molar-refractivity contribution in [3.05, 3.63) is 59.7 Å². The Morgan fingerprint density at radius 2 is 1.67 bits per heavy atom. The number of ether oxygens (including phenoxy) is 2. The maximum atomic E-state index is 9.41. The zero-order chi connectivity index (χ0) is 17.2. The third-order valence-corrected chi connectivity index (χ3v) is 3.73. The molecule has 0 saturated carbocycles. The van der Waals surface area contributed by atoms with Gasteiger partial charge in [-0.2, -0.15) is 5.26 Å². The van der Waals surface area contributed by atoms with E-state index in [0.717, 1.165) is 35.7 Å². The monoisotopic (exact) mass is 321 g/mol. The average molecular weight is 321 g/mol. The zero-order valence-electron chi connectivity index (χ0n) is 14.3. The van der Waals surface area contributed by atoms with Crippen molar-refractivity contribution in [3.63, 3.8) is 0 Å². The highest BCUT2D eigenvalue weighted by Gasteiger charge is 2.02. The molecule has 0 unspecified atom stereocenters. The van der Waals surface area contributed by atoms with Crippen LogP contribution in [0.1, 0.15) is 37.3 Å². The Bertz CT molecular complexity index is 694.